The number of carbonyl (C=O) groups is 2. The maximum Gasteiger partial charge on any atom is 0.338 e. The van der Waals surface area contributed by atoms with Crippen LogP contribution < -0.4 is 5.32 Å². The van der Waals surface area contributed by atoms with E-state index >= 15 is 0 Å². The minimum atomic E-state index is -0.987. The quantitative estimate of drug-likeness (QED) is 0.534. The predicted molar refractivity (Wildman–Crippen MR) is 112 cm³/mol. The number of hydrogen-bond donors (Lipinski definition) is 1. The van der Waals surface area contributed by atoms with Gasteiger partial charge < -0.3 is 10.1 Å². The Balaban J connectivity index is 1.62. The molecule has 0 saturated carbocycles. The van der Waals surface area contributed by atoms with Crippen LogP contribution in [0.3, 0.4) is 0 Å². The lowest BCUT2D eigenvalue weighted by molar-refractivity contribution is -0.123. The summed E-state index contributed by atoms with van der Waals surface area (Å²) in [6, 6.07) is 21.5. The first kappa shape index (κ1) is 19.9. The Hall–Kier alpha value is -2.82. The molecule has 1 atom stereocenters. The van der Waals surface area contributed by atoms with Crippen LogP contribution in [0.1, 0.15) is 17.3 Å². The molecule has 0 radical (unpaired) electrons. The van der Waals surface area contributed by atoms with Crippen LogP contribution in [0.25, 0.3) is 11.1 Å². The van der Waals surface area contributed by atoms with Crippen molar-refractivity contribution >= 4 is 40.8 Å². The molecule has 0 aliphatic heterocycles. The summed E-state index contributed by atoms with van der Waals surface area (Å²) in [6.45, 7) is 1.50. The third kappa shape index (κ3) is 5.12. The van der Waals surface area contributed by atoms with Gasteiger partial charge in [-0.3, -0.25) is 4.79 Å². The maximum absolute atomic E-state index is 12.3. The highest BCUT2D eigenvalue weighted by Crippen LogP contribution is 2.23. The average Bonchev–Trinajstić information content (AvgIpc) is 2.68. The Morgan fingerprint density at radius 3 is 2.04 bits per heavy atom. The van der Waals surface area contributed by atoms with Crippen molar-refractivity contribution in [3.63, 3.8) is 0 Å². The molecule has 0 aromatic heterocycles. The van der Waals surface area contributed by atoms with E-state index in [4.69, 9.17) is 27.9 Å². The molecule has 1 N–H and O–H groups in total. The van der Waals surface area contributed by atoms with Crippen LogP contribution in [0, 0.1) is 0 Å². The van der Waals surface area contributed by atoms with Crippen LogP contribution in [0.2, 0.25) is 10.0 Å². The molecule has 0 heterocycles. The number of rotatable bonds is 5. The highest BCUT2D eigenvalue weighted by Gasteiger charge is 2.19. The molecule has 0 bridgehead atoms. The Bertz CT molecular complexity index is 968. The Morgan fingerprint density at radius 1 is 0.857 bits per heavy atom. The first-order valence-electron chi connectivity index (χ1n) is 8.56. The summed E-state index contributed by atoms with van der Waals surface area (Å²) in [7, 11) is 0. The summed E-state index contributed by atoms with van der Waals surface area (Å²) >= 11 is 11.8. The number of anilines is 1. The van der Waals surface area contributed by atoms with Gasteiger partial charge in [-0.2, -0.15) is 0 Å². The molecule has 6 heteroatoms. The van der Waals surface area contributed by atoms with Crippen molar-refractivity contribution < 1.29 is 14.3 Å². The number of hydrogen-bond acceptors (Lipinski definition) is 3. The Kier molecular flexibility index (Phi) is 6.34. The monoisotopic (exact) mass is 413 g/mol. The van der Waals surface area contributed by atoms with Gasteiger partial charge in [0.05, 0.1) is 5.56 Å². The number of halogens is 2. The second-order valence-corrected chi connectivity index (χ2v) is 7.01. The number of benzene rings is 3. The van der Waals surface area contributed by atoms with Crippen LogP contribution in [0.15, 0.2) is 72.8 Å². The minimum absolute atomic E-state index is 0.366. The molecule has 3 rings (SSSR count). The van der Waals surface area contributed by atoms with Gasteiger partial charge in [-0.25, -0.2) is 4.79 Å². The zero-order valence-electron chi connectivity index (χ0n) is 15.0. The molecule has 0 spiro atoms. The van der Waals surface area contributed by atoms with E-state index in [1.807, 2.05) is 42.5 Å². The second-order valence-electron chi connectivity index (χ2n) is 6.14. The average molecular weight is 414 g/mol. The standard InChI is InChI=1S/C22H17Cl2NO3/c1-14(21(26)25-20-12-18(23)11-19(24)13-20)28-22(27)17-9-7-16(8-10-17)15-5-3-2-4-6-15/h2-14H,1H3,(H,25,26)/t14-/m0/s1. The summed E-state index contributed by atoms with van der Waals surface area (Å²) in [5.41, 5.74) is 2.83. The highest BCUT2D eigenvalue weighted by molar-refractivity contribution is 6.35. The van der Waals surface area contributed by atoms with Gasteiger partial charge in [0, 0.05) is 15.7 Å². The molecule has 28 heavy (non-hydrogen) atoms. The number of carbonyl (C=O) groups excluding carboxylic acids is 2. The fourth-order valence-corrected chi connectivity index (χ4v) is 3.11. The van der Waals surface area contributed by atoms with Crippen LogP contribution in [-0.2, 0) is 9.53 Å². The summed E-state index contributed by atoms with van der Waals surface area (Å²) in [5.74, 6) is -1.06. The lowest BCUT2D eigenvalue weighted by atomic mass is 10.0. The van der Waals surface area contributed by atoms with Crippen LogP contribution in [0.4, 0.5) is 5.69 Å². The van der Waals surface area contributed by atoms with Crippen LogP contribution in [-0.4, -0.2) is 18.0 Å². The third-order valence-electron chi connectivity index (χ3n) is 4.01. The molecule has 0 unspecified atom stereocenters. The fraction of sp³-hybridized carbons (Fsp3) is 0.0909. The normalized spacial score (nSPS) is 11.5. The summed E-state index contributed by atoms with van der Waals surface area (Å²) in [4.78, 5) is 24.6. The van der Waals surface area contributed by atoms with Crippen molar-refractivity contribution in [2.45, 2.75) is 13.0 Å². The Labute approximate surface area is 173 Å². The van der Waals surface area contributed by atoms with E-state index in [0.717, 1.165) is 11.1 Å². The van der Waals surface area contributed by atoms with Crippen molar-refractivity contribution in [2.24, 2.45) is 0 Å². The molecule has 0 saturated heterocycles. The largest absolute Gasteiger partial charge is 0.449 e. The van der Waals surface area contributed by atoms with Gasteiger partial charge in [0.1, 0.15) is 0 Å². The van der Waals surface area contributed by atoms with E-state index in [1.54, 1.807) is 30.3 Å². The highest BCUT2D eigenvalue weighted by atomic mass is 35.5. The smallest absolute Gasteiger partial charge is 0.338 e. The lowest BCUT2D eigenvalue weighted by Crippen LogP contribution is -2.30. The molecule has 3 aromatic carbocycles. The molecule has 1 amide bonds. The van der Waals surface area contributed by atoms with Crippen molar-refractivity contribution in [1.82, 2.24) is 0 Å². The predicted octanol–water partition coefficient (Wildman–Crippen LogP) is 5.84. The van der Waals surface area contributed by atoms with Crippen molar-refractivity contribution in [2.75, 3.05) is 5.32 Å². The van der Waals surface area contributed by atoms with E-state index in [9.17, 15) is 9.59 Å². The minimum Gasteiger partial charge on any atom is -0.449 e. The van der Waals surface area contributed by atoms with Gasteiger partial charge in [0.2, 0.25) is 0 Å². The number of amides is 1. The van der Waals surface area contributed by atoms with Crippen molar-refractivity contribution in [3.05, 3.63) is 88.4 Å². The fourth-order valence-electron chi connectivity index (χ4n) is 2.58. The maximum atomic E-state index is 12.3. The molecular weight excluding hydrogens is 397 g/mol. The van der Waals surface area contributed by atoms with E-state index in [1.165, 1.54) is 6.92 Å². The molecule has 142 valence electrons. The molecule has 3 aromatic rings. The molecular formula is C22H17Cl2NO3. The number of ether oxygens (including phenoxy) is 1. The first-order chi connectivity index (χ1) is 13.4. The van der Waals surface area contributed by atoms with Gasteiger partial charge in [-0.1, -0.05) is 65.7 Å². The lowest BCUT2D eigenvalue weighted by Gasteiger charge is -2.14. The summed E-state index contributed by atoms with van der Waals surface area (Å²) < 4.78 is 5.26. The Morgan fingerprint density at radius 2 is 1.43 bits per heavy atom. The molecule has 0 aliphatic rings. The van der Waals surface area contributed by atoms with Gasteiger partial charge in [0.25, 0.3) is 5.91 Å². The third-order valence-corrected chi connectivity index (χ3v) is 4.45. The van der Waals surface area contributed by atoms with Crippen LogP contribution >= 0.6 is 23.2 Å². The van der Waals surface area contributed by atoms with Crippen molar-refractivity contribution in [1.29, 1.82) is 0 Å². The zero-order valence-corrected chi connectivity index (χ0v) is 16.5. The van der Waals surface area contributed by atoms with Gasteiger partial charge in [-0.15, -0.1) is 0 Å². The summed E-state index contributed by atoms with van der Waals surface area (Å²) in [5, 5.41) is 3.41. The second kappa shape index (κ2) is 8.91. The zero-order chi connectivity index (χ0) is 20.1. The van der Waals surface area contributed by atoms with E-state index in [-0.39, 0.29) is 0 Å². The first-order valence-corrected chi connectivity index (χ1v) is 9.31. The van der Waals surface area contributed by atoms with E-state index < -0.39 is 18.0 Å². The SMILES string of the molecule is C[C@H](OC(=O)c1ccc(-c2ccccc2)cc1)C(=O)Nc1cc(Cl)cc(Cl)c1. The summed E-state index contributed by atoms with van der Waals surface area (Å²) in [6.07, 6.45) is -0.987. The molecule has 0 fully saturated rings. The number of esters is 1. The van der Waals surface area contributed by atoms with Gasteiger partial charge in [0.15, 0.2) is 6.10 Å². The molecule has 0 aliphatic carbocycles. The van der Waals surface area contributed by atoms with Crippen LogP contribution in [0.5, 0.6) is 0 Å². The number of nitrogens with one attached hydrogen (secondary N) is 1. The van der Waals surface area contributed by atoms with Gasteiger partial charge >= 0.3 is 5.97 Å². The van der Waals surface area contributed by atoms with E-state index in [2.05, 4.69) is 5.32 Å². The van der Waals surface area contributed by atoms with Gasteiger partial charge in [-0.05, 0) is 48.4 Å². The topological polar surface area (TPSA) is 55.4 Å². The van der Waals surface area contributed by atoms with E-state index in [0.29, 0.717) is 21.3 Å². The van der Waals surface area contributed by atoms with Crippen molar-refractivity contribution in [3.8, 4) is 11.1 Å². The molecule has 4 nitrogen and oxygen atoms in total.